The van der Waals surface area contributed by atoms with E-state index in [2.05, 4.69) is 45.0 Å². The number of likely N-dealkylation sites (tertiary alicyclic amines) is 1. The molecule has 3 rings (SSSR count). The van der Waals surface area contributed by atoms with Gasteiger partial charge in [-0.15, -0.1) is 0 Å². The van der Waals surface area contributed by atoms with Crippen molar-refractivity contribution in [1.82, 2.24) is 4.90 Å². The van der Waals surface area contributed by atoms with Gasteiger partial charge in [-0.05, 0) is 42.6 Å². The number of imide groups is 1. The van der Waals surface area contributed by atoms with Gasteiger partial charge < -0.3 is 9.16 Å². The van der Waals surface area contributed by atoms with E-state index in [0.29, 0.717) is 12.8 Å². The van der Waals surface area contributed by atoms with Crippen molar-refractivity contribution >= 4 is 30.7 Å². The number of rotatable bonds is 5. The van der Waals surface area contributed by atoms with Crippen LogP contribution in [-0.2, 0) is 14.0 Å². The summed E-state index contributed by atoms with van der Waals surface area (Å²) >= 11 is 0. The highest BCUT2D eigenvalue weighted by Crippen LogP contribution is 2.37. The Bertz CT molecular complexity index is 892. The lowest BCUT2D eigenvalue weighted by Crippen LogP contribution is -2.67. The lowest BCUT2D eigenvalue weighted by molar-refractivity contribution is -0.128. The van der Waals surface area contributed by atoms with E-state index in [4.69, 9.17) is 9.16 Å². The van der Waals surface area contributed by atoms with Crippen LogP contribution < -0.4 is 10.4 Å². The zero-order valence-electron chi connectivity index (χ0n) is 20.1. The zero-order valence-corrected chi connectivity index (χ0v) is 21.1. The summed E-state index contributed by atoms with van der Waals surface area (Å²) in [7, 11) is -2.74. The Labute approximate surface area is 192 Å². The molecule has 1 aliphatic heterocycles. The summed E-state index contributed by atoms with van der Waals surface area (Å²) in [6.07, 6.45) is 0.320. The molecule has 2 aromatic rings. The Morgan fingerprint density at radius 3 is 1.88 bits per heavy atom. The van der Waals surface area contributed by atoms with Gasteiger partial charge >= 0.3 is 6.09 Å². The molecule has 2 amide bonds. The number of ether oxygens (including phenoxy) is 1. The SMILES string of the molecule is CC(C)(C)OC(=O)N1C(=O)CCC1CO[Si](c1ccccc1)(c1ccccc1)C(C)(C)C. The van der Waals surface area contributed by atoms with Crippen molar-refractivity contribution in [1.29, 1.82) is 0 Å². The number of hydrogen-bond acceptors (Lipinski definition) is 4. The molecule has 0 aromatic heterocycles. The molecule has 172 valence electrons. The van der Waals surface area contributed by atoms with Gasteiger partial charge in [-0.1, -0.05) is 81.4 Å². The van der Waals surface area contributed by atoms with E-state index < -0.39 is 20.0 Å². The van der Waals surface area contributed by atoms with Crippen LogP contribution in [0.4, 0.5) is 4.79 Å². The summed E-state index contributed by atoms with van der Waals surface area (Å²) in [6, 6.07) is 20.4. The Balaban J connectivity index is 1.97. The fourth-order valence-electron chi connectivity index (χ4n) is 4.45. The lowest BCUT2D eigenvalue weighted by atomic mass is 10.2. The molecule has 1 atom stereocenters. The number of amides is 2. The molecular formula is C26H35NO4Si. The minimum Gasteiger partial charge on any atom is -0.443 e. The molecule has 0 aliphatic carbocycles. The molecule has 2 aromatic carbocycles. The van der Waals surface area contributed by atoms with Gasteiger partial charge in [0.1, 0.15) is 5.60 Å². The fourth-order valence-corrected chi connectivity index (χ4v) is 9.04. The van der Waals surface area contributed by atoms with Gasteiger partial charge in [0.05, 0.1) is 12.6 Å². The fraction of sp³-hybridized carbons (Fsp3) is 0.462. The van der Waals surface area contributed by atoms with Crippen LogP contribution in [0.3, 0.4) is 0 Å². The number of carbonyl (C=O) groups excluding carboxylic acids is 2. The molecular weight excluding hydrogens is 418 g/mol. The van der Waals surface area contributed by atoms with E-state index in [1.54, 1.807) is 20.8 Å². The Kier molecular flexibility index (Phi) is 6.96. The molecule has 5 nitrogen and oxygen atoms in total. The summed E-state index contributed by atoms with van der Waals surface area (Å²) < 4.78 is 12.5. The monoisotopic (exact) mass is 453 g/mol. The first-order chi connectivity index (χ1) is 15.0. The Morgan fingerprint density at radius 1 is 0.938 bits per heavy atom. The average Bonchev–Trinajstić information content (AvgIpc) is 3.08. The van der Waals surface area contributed by atoms with Crippen LogP contribution in [0.1, 0.15) is 54.4 Å². The third kappa shape index (κ3) is 4.97. The van der Waals surface area contributed by atoms with Crippen LogP contribution in [0, 0.1) is 0 Å². The minimum absolute atomic E-state index is 0.172. The zero-order chi connectivity index (χ0) is 23.6. The molecule has 1 fully saturated rings. The lowest BCUT2D eigenvalue weighted by Gasteiger charge is -2.44. The van der Waals surface area contributed by atoms with Crippen molar-refractivity contribution in [2.75, 3.05) is 6.61 Å². The van der Waals surface area contributed by atoms with E-state index in [0.717, 1.165) is 0 Å². The van der Waals surface area contributed by atoms with E-state index in [1.165, 1.54) is 15.3 Å². The van der Waals surface area contributed by atoms with E-state index >= 15 is 0 Å². The second-order valence-electron chi connectivity index (χ2n) is 10.4. The van der Waals surface area contributed by atoms with Gasteiger partial charge in [-0.25, -0.2) is 9.69 Å². The summed E-state index contributed by atoms with van der Waals surface area (Å²) in [4.78, 5) is 26.6. The quantitative estimate of drug-likeness (QED) is 0.626. The van der Waals surface area contributed by atoms with Crippen molar-refractivity contribution in [3.8, 4) is 0 Å². The third-order valence-corrected chi connectivity index (χ3v) is 10.8. The van der Waals surface area contributed by atoms with Gasteiger partial charge in [0, 0.05) is 6.42 Å². The highest BCUT2D eigenvalue weighted by molar-refractivity contribution is 6.99. The van der Waals surface area contributed by atoms with Crippen molar-refractivity contribution in [3.63, 3.8) is 0 Å². The van der Waals surface area contributed by atoms with Gasteiger partial charge in [0.2, 0.25) is 5.91 Å². The molecule has 0 saturated carbocycles. The molecule has 1 aliphatic rings. The molecule has 0 radical (unpaired) electrons. The molecule has 6 heteroatoms. The minimum atomic E-state index is -2.74. The van der Waals surface area contributed by atoms with Gasteiger partial charge in [-0.2, -0.15) is 0 Å². The number of nitrogens with zero attached hydrogens (tertiary/aromatic N) is 1. The first kappa shape index (κ1) is 24.2. The van der Waals surface area contributed by atoms with Crippen LogP contribution in [0.15, 0.2) is 60.7 Å². The van der Waals surface area contributed by atoms with E-state index in [-0.39, 0.29) is 23.6 Å². The average molecular weight is 454 g/mol. The van der Waals surface area contributed by atoms with E-state index in [1.807, 2.05) is 36.4 Å². The predicted octanol–water partition coefficient (Wildman–Crippen LogP) is 4.49. The van der Waals surface area contributed by atoms with Crippen molar-refractivity contribution in [2.24, 2.45) is 0 Å². The maximum atomic E-state index is 12.8. The van der Waals surface area contributed by atoms with Crippen molar-refractivity contribution in [3.05, 3.63) is 60.7 Å². The first-order valence-electron chi connectivity index (χ1n) is 11.3. The van der Waals surface area contributed by atoms with Crippen molar-refractivity contribution in [2.45, 2.75) is 71.1 Å². The molecule has 0 spiro atoms. The largest absolute Gasteiger partial charge is 0.443 e. The second kappa shape index (κ2) is 9.20. The smallest absolute Gasteiger partial charge is 0.417 e. The number of benzene rings is 2. The summed E-state index contributed by atoms with van der Waals surface area (Å²) in [5, 5.41) is 2.17. The number of carbonyl (C=O) groups is 2. The Morgan fingerprint density at radius 2 is 1.44 bits per heavy atom. The normalized spacial score (nSPS) is 17.5. The summed E-state index contributed by atoms with van der Waals surface area (Å²) in [5.41, 5.74) is -0.663. The maximum Gasteiger partial charge on any atom is 0.417 e. The third-order valence-electron chi connectivity index (χ3n) is 5.82. The van der Waals surface area contributed by atoms with Gasteiger partial charge in [0.25, 0.3) is 8.32 Å². The standard InChI is InChI=1S/C26H35NO4Si/c1-25(2,3)31-24(29)27-20(17-18-23(27)28)19-30-32(26(4,5)6,21-13-9-7-10-14-21)22-15-11-8-12-16-22/h7-16,20H,17-19H2,1-6H3. The molecule has 0 bridgehead atoms. The van der Waals surface area contributed by atoms with Crippen LogP contribution in [0.25, 0.3) is 0 Å². The molecule has 1 unspecified atom stereocenters. The second-order valence-corrected chi connectivity index (χ2v) is 14.7. The molecule has 0 N–H and O–H groups in total. The van der Waals surface area contributed by atoms with Gasteiger partial charge in [0.15, 0.2) is 0 Å². The predicted molar refractivity (Wildman–Crippen MR) is 130 cm³/mol. The summed E-state index contributed by atoms with van der Waals surface area (Å²) in [5.74, 6) is -0.199. The highest BCUT2D eigenvalue weighted by atomic mass is 28.4. The summed E-state index contributed by atoms with van der Waals surface area (Å²) in [6.45, 7) is 12.3. The van der Waals surface area contributed by atoms with Crippen LogP contribution in [0.2, 0.25) is 5.04 Å². The van der Waals surface area contributed by atoms with Crippen LogP contribution in [-0.4, -0.2) is 43.5 Å². The topological polar surface area (TPSA) is 55.8 Å². The number of hydrogen-bond donors (Lipinski definition) is 0. The first-order valence-corrected chi connectivity index (χ1v) is 13.2. The molecule has 1 saturated heterocycles. The molecule has 1 heterocycles. The van der Waals surface area contributed by atoms with Crippen molar-refractivity contribution < 1.29 is 18.8 Å². The van der Waals surface area contributed by atoms with Gasteiger partial charge in [-0.3, -0.25) is 4.79 Å². The maximum absolute atomic E-state index is 12.8. The van der Waals surface area contributed by atoms with E-state index in [9.17, 15) is 9.59 Å². The van der Waals surface area contributed by atoms with Crippen LogP contribution in [0.5, 0.6) is 0 Å². The molecule has 32 heavy (non-hydrogen) atoms. The van der Waals surface area contributed by atoms with Crippen LogP contribution >= 0.6 is 0 Å². The highest BCUT2D eigenvalue weighted by Gasteiger charge is 2.51. The Hall–Kier alpha value is -2.44.